The van der Waals surface area contributed by atoms with Crippen LogP contribution in [0.5, 0.6) is 11.5 Å². The molecule has 1 saturated heterocycles. The van der Waals surface area contributed by atoms with E-state index >= 15 is 0 Å². The highest BCUT2D eigenvalue weighted by Gasteiger charge is 2.11. The molecule has 1 aliphatic heterocycles. The number of carbonyl (C=O) groups is 1. The number of rotatable bonds is 9. The van der Waals surface area contributed by atoms with Crippen molar-refractivity contribution in [2.75, 3.05) is 51.9 Å². The van der Waals surface area contributed by atoms with Crippen molar-refractivity contribution in [1.82, 2.24) is 4.90 Å². The molecule has 3 rings (SSSR count). The van der Waals surface area contributed by atoms with Gasteiger partial charge in [0.2, 0.25) is 0 Å². The van der Waals surface area contributed by atoms with E-state index < -0.39 is 0 Å². The Morgan fingerprint density at radius 2 is 1.90 bits per heavy atom. The monoisotopic (exact) mass is 410 g/mol. The van der Waals surface area contributed by atoms with Gasteiger partial charge in [-0.2, -0.15) is 0 Å². The van der Waals surface area contributed by atoms with E-state index in [9.17, 15) is 4.79 Å². The molecule has 2 aromatic rings. The van der Waals surface area contributed by atoms with Crippen molar-refractivity contribution in [2.45, 2.75) is 13.3 Å². The van der Waals surface area contributed by atoms with Crippen LogP contribution in [0.4, 0.5) is 5.69 Å². The van der Waals surface area contributed by atoms with Gasteiger partial charge in [-0.15, -0.1) is 0 Å². The summed E-state index contributed by atoms with van der Waals surface area (Å²) >= 11 is 0. The van der Waals surface area contributed by atoms with Crippen molar-refractivity contribution in [1.29, 1.82) is 0 Å². The van der Waals surface area contributed by atoms with Gasteiger partial charge in [-0.1, -0.05) is 30.4 Å². The Morgan fingerprint density at radius 1 is 1.13 bits per heavy atom. The average Bonchev–Trinajstić information content (AvgIpc) is 2.78. The number of amides is 1. The predicted molar refractivity (Wildman–Crippen MR) is 119 cm³/mol. The van der Waals surface area contributed by atoms with Gasteiger partial charge < -0.3 is 19.5 Å². The van der Waals surface area contributed by atoms with Crippen molar-refractivity contribution in [2.24, 2.45) is 0 Å². The quantitative estimate of drug-likeness (QED) is 0.684. The number of allylic oxidation sites excluding steroid dienone is 1. The van der Waals surface area contributed by atoms with Gasteiger partial charge >= 0.3 is 0 Å². The number of hydrogen-bond donors (Lipinski definition) is 1. The smallest absolute Gasteiger partial charge is 0.262 e. The summed E-state index contributed by atoms with van der Waals surface area (Å²) in [5.41, 5.74) is 3.02. The molecule has 160 valence electrons. The molecule has 0 aromatic heterocycles. The van der Waals surface area contributed by atoms with E-state index in [1.807, 2.05) is 49.4 Å². The topological polar surface area (TPSA) is 60.0 Å². The van der Waals surface area contributed by atoms with E-state index in [-0.39, 0.29) is 12.5 Å². The van der Waals surface area contributed by atoms with Gasteiger partial charge in [0.1, 0.15) is 0 Å². The Kier molecular flexibility index (Phi) is 8.30. The summed E-state index contributed by atoms with van der Waals surface area (Å²) in [5.74, 6) is 0.929. The summed E-state index contributed by atoms with van der Waals surface area (Å²) in [6.07, 6.45) is 4.92. The molecule has 0 saturated carbocycles. The fourth-order valence-electron chi connectivity index (χ4n) is 3.31. The first-order valence-corrected chi connectivity index (χ1v) is 10.3. The molecule has 1 aliphatic rings. The van der Waals surface area contributed by atoms with Crippen LogP contribution in [0, 0.1) is 0 Å². The zero-order valence-corrected chi connectivity index (χ0v) is 17.7. The zero-order valence-electron chi connectivity index (χ0n) is 17.7. The largest absolute Gasteiger partial charge is 0.493 e. The van der Waals surface area contributed by atoms with E-state index in [1.165, 1.54) is 5.56 Å². The maximum Gasteiger partial charge on any atom is 0.262 e. The minimum atomic E-state index is -0.212. The number of anilines is 1. The van der Waals surface area contributed by atoms with Crippen LogP contribution in [-0.2, 0) is 16.0 Å². The Bertz CT molecular complexity index is 843. The van der Waals surface area contributed by atoms with Gasteiger partial charge in [-0.05, 0) is 48.7 Å². The maximum atomic E-state index is 12.3. The van der Waals surface area contributed by atoms with Crippen LogP contribution in [-0.4, -0.2) is 57.4 Å². The van der Waals surface area contributed by atoms with Gasteiger partial charge in [0.15, 0.2) is 18.1 Å². The van der Waals surface area contributed by atoms with Crippen LogP contribution >= 0.6 is 0 Å². The molecule has 0 atom stereocenters. The Labute approximate surface area is 178 Å². The molecule has 0 aliphatic carbocycles. The summed E-state index contributed by atoms with van der Waals surface area (Å²) in [6, 6.07) is 13.6. The lowest BCUT2D eigenvalue weighted by Gasteiger charge is -2.26. The molecule has 2 aromatic carbocycles. The van der Waals surface area contributed by atoms with E-state index in [4.69, 9.17) is 14.2 Å². The Morgan fingerprint density at radius 3 is 2.60 bits per heavy atom. The highest BCUT2D eigenvalue weighted by molar-refractivity contribution is 5.91. The molecule has 0 unspecified atom stereocenters. The number of nitrogens with zero attached hydrogens (tertiary/aromatic N) is 1. The summed E-state index contributed by atoms with van der Waals surface area (Å²) in [5, 5.41) is 2.87. The molecule has 1 N–H and O–H groups in total. The molecular formula is C24H30N2O4. The summed E-state index contributed by atoms with van der Waals surface area (Å²) < 4.78 is 16.4. The third-order valence-electron chi connectivity index (χ3n) is 4.96. The molecule has 0 radical (unpaired) electrons. The lowest BCUT2D eigenvalue weighted by Crippen LogP contribution is -2.37. The summed E-state index contributed by atoms with van der Waals surface area (Å²) in [7, 11) is 1.59. The first kappa shape index (κ1) is 21.9. The molecule has 1 heterocycles. The molecular weight excluding hydrogens is 380 g/mol. The molecule has 1 amide bonds. The predicted octanol–water partition coefficient (Wildman–Crippen LogP) is 3.62. The van der Waals surface area contributed by atoms with Crippen LogP contribution in [0.15, 0.2) is 48.5 Å². The third kappa shape index (κ3) is 6.61. The van der Waals surface area contributed by atoms with E-state index in [1.54, 1.807) is 7.11 Å². The van der Waals surface area contributed by atoms with Gasteiger partial charge in [-0.25, -0.2) is 0 Å². The van der Waals surface area contributed by atoms with E-state index in [0.717, 1.165) is 50.5 Å². The normalized spacial score (nSPS) is 14.6. The number of hydrogen-bond acceptors (Lipinski definition) is 5. The fourth-order valence-corrected chi connectivity index (χ4v) is 3.31. The molecule has 30 heavy (non-hydrogen) atoms. The van der Waals surface area contributed by atoms with E-state index in [0.29, 0.717) is 11.5 Å². The molecule has 0 spiro atoms. The SMILES string of the molecule is C/C=C/c1ccc(OCC(=O)Nc2ccc(CCN3CCOCC3)cc2)c(OC)c1. The average molecular weight is 411 g/mol. The van der Waals surface area contributed by atoms with Crippen LogP contribution < -0.4 is 14.8 Å². The first-order chi connectivity index (χ1) is 14.7. The summed E-state index contributed by atoms with van der Waals surface area (Å²) in [4.78, 5) is 14.7. The number of morpholine rings is 1. The zero-order chi connectivity index (χ0) is 21.2. The van der Waals surface area contributed by atoms with E-state index in [2.05, 4.69) is 22.3 Å². The van der Waals surface area contributed by atoms with Crippen molar-refractivity contribution < 1.29 is 19.0 Å². The minimum absolute atomic E-state index is 0.0852. The van der Waals surface area contributed by atoms with Gasteiger partial charge in [0.05, 0.1) is 20.3 Å². The van der Waals surface area contributed by atoms with Gasteiger partial charge in [-0.3, -0.25) is 9.69 Å². The third-order valence-corrected chi connectivity index (χ3v) is 4.96. The second-order valence-electron chi connectivity index (χ2n) is 7.15. The lowest BCUT2D eigenvalue weighted by atomic mass is 10.1. The number of benzene rings is 2. The van der Waals surface area contributed by atoms with Crippen LogP contribution in [0.1, 0.15) is 18.1 Å². The van der Waals surface area contributed by atoms with Gasteiger partial charge in [0.25, 0.3) is 5.91 Å². The number of carbonyl (C=O) groups excluding carboxylic acids is 1. The summed E-state index contributed by atoms with van der Waals surface area (Å²) in [6.45, 7) is 6.53. The molecule has 1 fully saturated rings. The van der Waals surface area contributed by atoms with Crippen molar-refractivity contribution in [3.05, 3.63) is 59.7 Å². The van der Waals surface area contributed by atoms with Crippen LogP contribution in [0.3, 0.4) is 0 Å². The molecule has 6 heteroatoms. The van der Waals surface area contributed by atoms with Crippen molar-refractivity contribution >= 4 is 17.7 Å². The minimum Gasteiger partial charge on any atom is -0.493 e. The van der Waals surface area contributed by atoms with Crippen molar-refractivity contribution in [3.8, 4) is 11.5 Å². The second kappa shape index (κ2) is 11.4. The second-order valence-corrected chi connectivity index (χ2v) is 7.15. The van der Waals surface area contributed by atoms with Crippen LogP contribution in [0.2, 0.25) is 0 Å². The standard InChI is InChI=1S/C24H30N2O4/c1-3-4-20-7-10-22(23(17-20)28-2)30-18-24(27)25-21-8-5-19(6-9-21)11-12-26-13-15-29-16-14-26/h3-10,17H,11-16,18H2,1-2H3,(H,25,27)/b4-3+. The number of methoxy groups -OCH3 is 1. The first-order valence-electron chi connectivity index (χ1n) is 10.3. The number of ether oxygens (including phenoxy) is 3. The Hall–Kier alpha value is -2.83. The highest BCUT2D eigenvalue weighted by atomic mass is 16.5. The lowest BCUT2D eigenvalue weighted by molar-refractivity contribution is -0.118. The van der Waals surface area contributed by atoms with Crippen LogP contribution in [0.25, 0.3) is 6.08 Å². The molecule has 0 bridgehead atoms. The number of nitrogens with one attached hydrogen (secondary N) is 1. The highest BCUT2D eigenvalue weighted by Crippen LogP contribution is 2.28. The molecule has 6 nitrogen and oxygen atoms in total. The van der Waals surface area contributed by atoms with Crippen molar-refractivity contribution in [3.63, 3.8) is 0 Å². The van der Waals surface area contributed by atoms with Gasteiger partial charge in [0, 0.05) is 25.3 Å². The fraction of sp³-hybridized carbons (Fsp3) is 0.375. The maximum absolute atomic E-state index is 12.3. The Balaban J connectivity index is 1.46.